The predicted molar refractivity (Wildman–Crippen MR) is 198 cm³/mol. The van der Waals surface area contributed by atoms with E-state index in [0.29, 0.717) is 24.7 Å². The number of amides is 4. The van der Waals surface area contributed by atoms with Crippen molar-refractivity contribution in [2.45, 2.75) is 84.5 Å². The summed E-state index contributed by atoms with van der Waals surface area (Å²) >= 11 is 0. The highest BCUT2D eigenvalue weighted by atomic mass is 16.5. The molecule has 2 aliphatic rings. The Bertz CT molecular complexity index is 2090. The number of rotatable bonds is 7. The van der Waals surface area contributed by atoms with Gasteiger partial charge in [0.15, 0.2) is 0 Å². The molecule has 4 heterocycles. The highest BCUT2D eigenvalue weighted by Crippen LogP contribution is 2.35. The molecule has 0 radical (unpaired) electrons. The number of carbonyl (C=O) groups is 4. The first-order valence-corrected chi connectivity index (χ1v) is 18.1. The van der Waals surface area contributed by atoms with E-state index in [4.69, 9.17) is 19.4 Å². The molecule has 2 aliphatic heterocycles. The monoisotopic (exact) mass is 724 g/mol. The Morgan fingerprint density at radius 2 is 1.25 bits per heavy atom. The van der Waals surface area contributed by atoms with Crippen LogP contribution in [0.2, 0.25) is 0 Å². The van der Waals surface area contributed by atoms with Crippen LogP contribution in [0.3, 0.4) is 0 Å². The van der Waals surface area contributed by atoms with Gasteiger partial charge in [0.05, 0.1) is 48.4 Å². The molecule has 0 spiro atoms. The maximum atomic E-state index is 13.8. The number of benzene rings is 2. The number of nitrogens with zero attached hydrogens (tertiary/aromatic N) is 4. The molecule has 0 bridgehead atoms. The smallest absolute Gasteiger partial charge is 0.407 e. The van der Waals surface area contributed by atoms with Crippen LogP contribution in [0.4, 0.5) is 9.59 Å². The number of aromatic amines is 2. The summed E-state index contributed by atoms with van der Waals surface area (Å²) in [4.78, 5) is 71.4. The zero-order chi connectivity index (χ0) is 38.0. The van der Waals surface area contributed by atoms with Gasteiger partial charge in [-0.15, -0.1) is 0 Å². The first-order valence-electron chi connectivity index (χ1n) is 18.1. The molecule has 2 fully saturated rings. The highest BCUT2D eigenvalue weighted by Gasteiger charge is 2.41. The van der Waals surface area contributed by atoms with Crippen molar-refractivity contribution in [3.05, 3.63) is 59.2 Å². The number of nitrogens with one attached hydrogen (secondary N) is 4. The number of hydrogen-bond acceptors (Lipinski definition) is 8. The molecule has 14 nitrogen and oxygen atoms in total. The molecule has 2 aromatic heterocycles. The number of fused-ring (bicyclic) bond motifs is 2. The molecular formula is C39H48N8O6. The third-order valence-electron chi connectivity index (χ3n) is 10.0. The van der Waals surface area contributed by atoms with Gasteiger partial charge in [0.2, 0.25) is 11.8 Å². The Morgan fingerprint density at radius 3 is 1.70 bits per heavy atom. The van der Waals surface area contributed by atoms with Crippen LogP contribution in [0.5, 0.6) is 0 Å². The van der Waals surface area contributed by atoms with Crippen LogP contribution in [0, 0.1) is 23.2 Å². The number of carbonyl (C=O) groups excluding carboxylic acids is 4. The van der Waals surface area contributed by atoms with E-state index in [1.165, 1.54) is 14.2 Å². The number of aromatic nitrogens is 4. The molecule has 0 aliphatic carbocycles. The molecule has 0 saturated carbocycles. The zero-order valence-electron chi connectivity index (χ0n) is 31.3. The fourth-order valence-electron chi connectivity index (χ4n) is 7.17. The van der Waals surface area contributed by atoms with E-state index in [0.717, 1.165) is 58.9 Å². The third-order valence-corrected chi connectivity index (χ3v) is 10.0. The van der Waals surface area contributed by atoms with Gasteiger partial charge in [0.1, 0.15) is 23.7 Å². The van der Waals surface area contributed by atoms with Crippen molar-refractivity contribution in [3.63, 3.8) is 0 Å². The Balaban J connectivity index is 1.18. The van der Waals surface area contributed by atoms with Gasteiger partial charge in [-0.3, -0.25) is 9.59 Å². The molecule has 4 unspecified atom stereocenters. The molecule has 14 heteroatoms. The summed E-state index contributed by atoms with van der Waals surface area (Å²) in [7, 11) is 2.57. The molecule has 4 N–H and O–H groups in total. The second-order valence-electron chi connectivity index (χ2n) is 15.1. The predicted octanol–water partition coefficient (Wildman–Crippen LogP) is 5.32. The standard InChI is InChI=1S/C39H48N8O6/c1-22(2)31(44-37(50)52-6)35(48)46-18-8-10-29(46)33-40-25-16-14-23(20-27(25)42-33)12-13-24-15-17-26-28(21-24)43-34(41-26)30-11-9-19-47(30)36(49)32(39(3,4)5)45-38(51)53-7/h14-17,20-22,29-32H,8-11,18-19H2,1-7H3,(H,40,42)(H,41,43)(H,44,50)(H,45,51). The first-order chi connectivity index (χ1) is 25.3. The lowest BCUT2D eigenvalue weighted by Crippen LogP contribution is -2.54. The zero-order valence-corrected chi connectivity index (χ0v) is 31.3. The SMILES string of the molecule is COC(=O)NC(C(=O)N1CCCC1c1nc2ccc(C#Cc3ccc4nc(C5CCCN5C(=O)C(NC(=O)OC)C(C)(C)C)[nH]c4c3)cc2[nH]1)C(C)C. The number of methoxy groups -OCH3 is 2. The number of imidazole rings is 2. The molecule has 6 rings (SSSR count). The third kappa shape index (κ3) is 7.94. The highest BCUT2D eigenvalue weighted by molar-refractivity contribution is 5.88. The van der Waals surface area contributed by atoms with Crippen LogP contribution >= 0.6 is 0 Å². The summed E-state index contributed by atoms with van der Waals surface area (Å²) in [6.07, 6.45) is 1.90. The van der Waals surface area contributed by atoms with Crippen LogP contribution in [-0.2, 0) is 19.1 Å². The molecule has 4 amide bonds. The van der Waals surface area contributed by atoms with Gasteiger partial charge in [0, 0.05) is 24.2 Å². The van der Waals surface area contributed by atoms with Gasteiger partial charge in [-0.05, 0) is 73.4 Å². The van der Waals surface area contributed by atoms with Gasteiger partial charge in [-0.25, -0.2) is 19.6 Å². The maximum absolute atomic E-state index is 13.8. The number of hydrogen-bond donors (Lipinski definition) is 4. The Kier molecular flexibility index (Phi) is 10.7. The van der Waals surface area contributed by atoms with Gasteiger partial charge in [0.25, 0.3) is 0 Å². The lowest BCUT2D eigenvalue weighted by atomic mass is 9.85. The van der Waals surface area contributed by atoms with Gasteiger partial charge in [-0.2, -0.15) is 0 Å². The van der Waals surface area contributed by atoms with Crippen molar-refractivity contribution in [2.75, 3.05) is 27.3 Å². The lowest BCUT2D eigenvalue weighted by molar-refractivity contribution is -0.137. The second kappa shape index (κ2) is 15.2. The minimum absolute atomic E-state index is 0.117. The van der Waals surface area contributed by atoms with E-state index >= 15 is 0 Å². The Labute approximate surface area is 308 Å². The van der Waals surface area contributed by atoms with Crippen molar-refractivity contribution in [1.82, 2.24) is 40.4 Å². The normalized spacial score (nSPS) is 18.5. The minimum Gasteiger partial charge on any atom is -0.453 e. The van der Waals surface area contributed by atoms with Crippen molar-refractivity contribution in [3.8, 4) is 11.8 Å². The first kappa shape index (κ1) is 37.2. The Hall–Kier alpha value is -5.58. The molecule has 4 aromatic rings. The van der Waals surface area contributed by atoms with Crippen molar-refractivity contribution in [1.29, 1.82) is 0 Å². The molecular weight excluding hydrogens is 676 g/mol. The topological polar surface area (TPSA) is 175 Å². The van der Waals surface area contributed by atoms with E-state index in [-0.39, 0.29) is 29.8 Å². The van der Waals surface area contributed by atoms with Crippen molar-refractivity contribution in [2.24, 2.45) is 11.3 Å². The maximum Gasteiger partial charge on any atom is 0.407 e. The molecule has 2 aromatic carbocycles. The number of alkyl carbamates (subject to hydrolysis) is 2. The van der Waals surface area contributed by atoms with E-state index < -0.39 is 29.7 Å². The Morgan fingerprint density at radius 1 is 0.774 bits per heavy atom. The number of ether oxygens (including phenoxy) is 2. The van der Waals surface area contributed by atoms with E-state index in [1.54, 1.807) is 9.80 Å². The van der Waals surface area contributed by atoms with Crippen molar-refractivity contribution >= 4 is 46.1 Å². The summed E-state index contributed by atoms with van der Waals surface area (Å²) in [6.45, 7) is 10.7. The minimum atomic E-state index is -0.754. The molecule has 53 heavy (non-hydrogen) atoms. The quantitative estimate of drug-likeness (QED) is 0.185. The average Bonchev–Trinajstić information content (AvgIpc) is 3.95. The van der Waals surface area contributed by atoms with Crippen LogP contribution < -0.4 is 10.6 Å². The molecule has 280 valence electrons. The summed E-state index contributed by atoms with van der Waals surface area (Å²) in [6, 6.07) is 9.64. The summed E-state index contributed by atoms with van der Waals surface area (Å²) in [5.74, 6) is 7.48. The van der Waals surface area contributed by atoms with Gasteiger partial charge >= 0.3 is 12.2 Å². The van der Waals surface area contributed by atoms with Crippen molar-refractivity contribution < 1.29 is 28.7 Å². The van der Waals surface area contributed by atoms with Crippen LogP contribution in [0.25, 0.3) is 22.1 Å². The van der Waals surface area contributed by atoms with E-state index in [2.05, 4.69) is 32.4 Å². The lowest BCUT2D eigenvalue weighted by Gasteiger charge is -2.34. The second-order valence-corrected chi connectivity index (χ2v) is 15.1. The van der Waals surface area contributed by atoms with Crippen LogP contribution in [-0.4, -0.2) is 93.1 Å². The average molecular weight is 725 g/mol. The van der Waals surface area contributed by atoms with Crippen LogP contribution in [0.15, 0.2) is 36.4 Å². The summed E-state index contributed by atoms with van der Waals surface area (Å²) < 4.78 is 9.54. The van der Waals surface area contributed by atoms with Gasteiger partial charge < -0.3 is 39.9 Å². The number of H-pyrrole nitrogens is 2. The number of likely N-dealkylation sites (tertiary alicyclic amines) is 2. The largest absolute Gasteiger partial charge is 0.453 e. The van der Waals surface area contributed by atoms with Gasteiger partial charge in [-0.1, -0.05) is 46.5 Å². The van der Waals surface area contributed by atoms with E-state index in [9.17, 15) is 19.2 Å². The van der Waals surface area contributed by atoms with E-state index in [1.807, 2.05) is 71.0 Å². The summed E-state index contributed by atoms with van der Waals surface area (Å²) in [5, 5.41) is 5.41. The fraction of sp³-hybridized carbons (Fsp3) is 0.487. The fourth-order valence-corrected chi connectivity index (χ4v) is 7.17. The molecule has 4 atom stereocenters. The summed E-state index contributed by atoms with van der Waals surface area (Å²) in [5.41, 5.74) is 4.26. The molecule has 2 saturated heterocycles. The van der Waals surface area contributed by atoms with Crippen LogP contribution in [0.1, 0.15) is 95.2 Å².